The van der Waals surface area contributed by atoms with Crippen molar-refractivity contribution in [3.63, 3.8) is 0 Å². The van der Waals surface area contributed by atoms with Gasteiger partial charge in [-0.05, 0) is 69.5 Å². The number of carbonyl (C=O) groups is 3. The molecule has 32 heavy (non-hydrogen) atoms. The Bertz CT molecular complexity index is 960. The summed E-state index contributed by atoms with van der Waals surface area (Å²) in [6.45, 7) is 7.57. The van der Waals surface area contributed by atoms with E-state index in [2.05, 4.69) is 5.32 Å². The smallest absolute Gasteiger partial charge is 0.253 e. The number of carbonyl (C=O) groups excluding carboxylic acids is 3. The zero-order chi connectivity index (χ0) is 23.1. The van der Waals surface area contributed by atoms with Crippen molar-refractivity contribution in [3.8, 4) is 5.75 Å². The first kappa shape index (κ1) is 23.5. The number of amides is 2. The molecule has 0 radical (unpaired) electrons. The van der Waals surface area contributed by atoms with Crippen molar-refractivity contribution in [1.29, 1.82) is 0 Å². The fraction of sp³-hybridized carbons (Fsp3) is 0.423. The van der Waals surface area contributed by atoms with Gasteiger partial charge in [-0.15, -0.1) is 0 Å². The van der Waals surface area contributed by atoms with Crippen LogP contribution in [0.25, 0.3) is 0 Å². The van der Waals surface area contributed by atoms with E-state index in [0.717, 1.165) is 16.9 Å². The van der Waals surface area contributed by atoms with E-state index < -0.39 is 0 Å². The number of nitrogens with zero attached hydrogens (tertiary/aromatic N) is 1. The lowest BCUT2D eigenvalue weighted by Crippen LogP contribution is -2.46. The van der Waals surface area contributed by atoms with Gasteiger partial charge >= 0.3 is 0 Å². The molecule has 170 valence electrons. The molecule has 1 aliphatic heterocycles. The van der Waals surface area contributed by atoms with Gasteiger partial charge in [-0.3, -0.25) is 14.4 Å². The molecule has 3 rings (SSSR count). The summed E-state index contributed by atoms with van der Waals surface area (Å²) in [5.41, 5.74) is 3.31. The summed E-state index contributed by atoms with van der Waals surface area (Å²) < 4.78 is 5.42. The minimum Gasteiger partial charge on any atom is -0.494 e. The standard InChI is InChI=1S/C26H32N2O4/c1-4-32-22-9-7-20(8-10-22)26(31)28-15-13-21(14-16-28)27-25(30)12-11-24(29)23-17-18(2)5-6-19(23)3/h5-10,17,21H,4,11-16H2,1-3H3,(H,27,30). The highest BCUT2D eigenvalue weighted by Crippen LogP contribution is 2.18. The molecular formula is C26H32N2O4. The molecular weight excluding hydrogens is 404 g/mol. The minimum atomic E-state index is -0.111. The Hall–Kier alpha value is -3.15. The van der Waals surface area contributed by atoms with Crippen LogP contribution in [0.1, 0.15) is 64.4 Å². The quantitative estimate of drug-likeness (QED) is 0.633. The second kappa shape index (κ2) is 10.9. The number of ketones is 1. The fourth-order valence-corrected chi connectivity index (χ4v) is 3.97. The molecule has 1 saturated heterocycles. The lowest BCUT2D eigenvalue weighted by atomic mass is 9.99. The van der Waals surface area contributed by atoms with E-state index in [1.165, 1.54) is 0 Å². The van der Waals surface area contributed by atoms with Gasteiger partial charge in [0.2, 0.25) is 5.91 Å². The Balaban J connectivity index is 1.43. The summed E-state index contributed by atoms with van der Waals surface area (Å²) in [7, 11) is 0. The summed E-state index contributed by atoms with van der Waals surface area (Å²) in [5, 5.41) is 3.03. The van der Waals surface area contributed by atoms with Crippen LogP contribution in [0.2, 0.25) is 0 Å². The first-order valence-corrected chi connectivity index (χ1v) is 11.3. The number of Topliss-reactive ketones (excluding diaryl/α,β-unsaturated/α-hetero) is 1. The molecule has 0 aliphatic carbocycles. The number of benzene rings is 2. The van der Waals surface area contributed by atoms with E-state index in [0.29, 0.717) is 43.7 Å². The van der Waals surface area contributed by atoms with E-state index in [4.69, 9.17) is 4.74 Å². The molecule has 0 atom stereocenters. The molecule has 0 bridgehead atoms. The van der Waals surface area contributed by atoms with Crippen LogP contribution < -0.4 is 10.1 Å². The third kappa shape index (κ3) is 6.19. The van der Waals surface area contributed by atoms with E-state index in [-0.39, 0.29) is 36.5 Å². The molecule has 1 fully saturated rings. The highest BCUT2D eigenvalue weighted by Gasteiger charge is 2.25. The van der Waals surface area contributed by atoms with Gasteiger partial charge in [0, 0.05) is 43.1 Å². The van der Waals surface area contributed by atoms with Crippen molar-refractivity contribution in [2.75, 3.05) is 19.7 Å². The first-order chi connectivity index (χ1) is 15.4. The highest BCUT2D eigenvalue weighted by atomic mass is 16.5. The Morgan fingerprint density at radius 1 is 1.00 bits per heavy atom. The maximum absolute atomic E-state index is 12.7. The summed E-state index contributed by atoms with van der Waals surface area (Å²) in [6.07, 6.45) is 1.79. The second-order valence-electron chi connectivity index (χ2n) is 8.33. The van der Waals surface area contributed by atoms with Crippen LogP contribution in [-0.2, 0) is 4.79 Å². The lowest BCUT2D eigenvalue weighted by Gasteiger charge is -2.32. The van der Waals surface area contributed by atoms with Crippen LogP contribution in [-0.4, -0.2) is 48.2 Å². The van der Waals surface area contributed by atoms with Crippen molar-refractivity contribution >= 4 is 17.6 Å². The molecule has 6 heteroatoms. The van der Waals surface area contributed by atoms with E-state index in [9.17, 15) is 14.4 Å². The maximum atomic E-state index is 12.7. The molecule has 0 saturated carbocycles. The summed E-state index contributed by atoms with van der Waals surface area (Å²) >= 11 is 0. The van der Waals surface area contributed by atoms with E-state index in [1.54, 1.807) is 12.1 Å². The molecule has 0 spiro atoms. The molecule has 6 nitrogen and oxygen atoms in total. The van der Waals surface area contributed by atoms with E-state index >= 15 is 0 Å². The highest BCUT2D eigenvalue weighted by molar-refractivity contribution is 5.99. The van der Waals surface area contributed by atoms with Crippen LogP contribution in [0.3, 0.4) is 0 Å². The summed E-state index contributed by atoms with van der Waals surface area (Å²) in [5.74, 6) is 0.635. The average molecular weight is 437 g/mol. The van der Waals surface area contributed by atoms with Gasteiger partial charge in [0.05, 0.1) is 6.61 Å². The van der Waals surface area contributed by atoms with Gasteiger partial charge in [-0.25, -0.2) is 0 Å². The molecule has 2 aromatic rings. The van der Waals surface area contributed by atoms with Crippen LogP contribution in [0.5, 0.6) is 5.75 Å². The van der Waals surface area contributed by atoms with Crippen LogP contribution in [0.15, 0.2) is 42.5 Å². The second-order valence-corrected chi connectivity index (χ2v) is 8.33. The van der Waals surface area contributed by atoms with Crippen molar-refractivity contribution < 1.29 is 19.1 Å². The number of hydrogen-bond acceptors (Lipinski definition) is 4. The predicted octanol–water partition coefficient (Wildman–Crippen LogP) is 4.09. The largest absolute Gasteiger partial charge is 0.494 e. The van der Waals surface area contributed by atoms with Crippen molar-refractivity contribution in [2.24, 2.45) is 0 Å². The van der Waals surface area contributed by atoms with Crippen LogP contribution >= 0.6 is 0 Å². The van der Waals surface area contributed by atoms with Gasteiger partial charge in [-0.2, -0.15) is 0 Å². The van der Waals surface area contributed by atoms with Crippen LogP contribution in [0, 0.1) is 13.8 Å². The van der Waals surface area contributed by atoms with Crippen molar-refractivity contribution in [2.45, 2.75) is 52.5 Å². The average Bonchev–Trinajstić information content (AvgIpc) is 2.80. The maximum Gasteiger partial charge on any atom is 0.253 e. The number of rotatable bonds is 8. The molecule has 0 aromatic heterocycles. The zero-order valence-corrected chi connectivity index (χ0v) is 19.1. The van der Waals surface area contributed by atoms with Gasteiger partial charge in [0.25, 0.3) is 5.91 Å². The number of hydrogen-bond donors (Lipinski definition) is 1. The molecule has 1 N–H and O–H groups in total. The SMILES string of the molecule is CCOc1ccc(C(=O)N2CCC(NC(=O)CCC(=O)c3cc(C)ccc3C)CC2)cc1. The topological polar surface area (TPSA) is 75.7 Å². The molecule has 2 aromatic carbocycles. The third-order valence-electron chi connectivity index (χ3n) is 5.83. The molecule has 1 heterocycles. The van der Waals surface area contributed by atoms with Crippen molar-refractivity contribution in [3.05, 3.63) is 64.7 Å². The fourth-order valence-electron chi connectivity index (χ4n) is 3.97. The number of ether oxygens (including phenoxy) is 1. The number of likely N-dealkylation sites (tertiary alicyclic amines) is 1. The normalized spacial score (nSPS) is 14.2. The zero-order valence-electron chi connectivity index (χ0n) is 19.1. The number of nitrogens with one attached hydrogen (secondary N) is 1. The Kier molecular flexibility index (Phi) is 8.03. The van der Waals surface area contributed by atoms with Crippen molar-refractivity contribution in [1.82, 2.24) is 10.2 Å². The summed E-state index contributed by atoms with van der Waals surface area (Å²) in [4.78, 5) is 39.4. The van der Waals surface area contributed by atoms with Gasteiger partial charge in [0.15, 0.2) is 5.78 Å². The predicted molar refractivity (Wildman–Crippen MR) is 124 cm³/mol. The van der Waals surface area contributed by atoms with Crippen LogP contribution in [0.4, 0.5) is 0 Å². The van der Waals surface area contributed by atoms with Gasteiger partial charge in [-0.1, -0.05) is 17.7 Å². The number of aryl methyl sites for hydroxylation is 2. The summed E-state index contributed by atoms with van der Waals surface area (Å²) in [6, 6.07) is 13.0. The lowest BCUT2D eigenvalue weighted by molar-refractivity contribution is -0.122. The Morgan fingerprint density at radius 2 is 1.69 bits per heavy atom. The minimum absolute atomic E-state index is 0.00267. The number of piperidine rings is 1. The van der Waals surface area contributed by atoms with E-state index in [1.807, 2.05) is 56.0 Å². The Morgan fingerprint density at radius 3 is 2.34 bits per heavy atom. The third-order valence-corrected chi connectivity index (χ3v) is 5.83. The molecule has 0 unspecified atom stereocenters. The molecule has 1 aliphatic rings. The monoisotopic (exact) mass is 436 g/mol. The van der Waals surface area contributed by atoms with Gasteiger partial charge < -0.3 is 15.0 Å². The molecule has 2 amide bonds. The Labute approximate surface area is 189 Å². The van der Waals surface area contributed by atoms with Gasteiger partial charge in [0.1, 0.15) is 5.75 Å². The first-order valence-electron chi connectivity index (χ1n) is 11.3.